The van der Waals surface area contributed by atoms with Gasteiger partial charge in [-0.05, 0) is 47.8 Å². The standard InChI is InChI=1S/C27H19N3O2S/c31-26(28-18-9-2-1-3-10-18)20-12-5-7-14-23(20)30-27(32)21-17-24(25-15-8-16-33-25)29-22-13-6-4-11-19(21)22/h1-17H,(H,28,31)(H,30,32). The molecule has 0 atom stereocenters. The van der Waals surface area contributed by atoms with E-state index in [4.69, 9.17) is 4.98 Å². The molecule has 0 aliphatic heterocycles. The van der Waals surface area contributed by atoms with Gasteiger partial charge in [-0.2, -0.15) is 0 Å². The van der Waals surface area contributed by atoms with Crippen molar-refractivity contribution in [1.29, 1.82) is 0 Å². The molecule has 5 aromatic rings. The highest BCUT2D eigenvalue weighted by atomic mass is 32.1. The summed E-state index contributed by atoms with van der Waals surface area (Å²) in [6.45, 7) is 0. The Balaban J connectivity index is 1.49. The van der Waals surface area contributed by atoms with Crippen LogP contribution < -0.4 is 10.6 Å². The van der Waals surface area contributed by atoms with Crippen LogP contribution in [-0.4, -0.2) is 16.8 Å². The second-order valence-corrected chi connectivity index (χ2v) is 8.32. The molecule has 0 aliphatic carbocycles. The highest BCUT2D eigenvalue weighted by Gasteiger charge is 2.18. The van der Waals surface area contributed by atoms with Crippen LogP contribution in [0.3, 0.4) is 0 Å². The first kappa shape index (κ1) is 20.6. The van der Waals surface area contributed by atoms with Gasteiger partial charge in [0.25, 0.3) is 11.8 Å². The van der Waals surface area contributed by atoms with E-state index in [1.54, 1.807) is 41.7 Å². The SMILES string of the molecule is O=C(Nc1ccccc1)c1ccccc1NC(=O)c1cc(-c2cccs2)nc2ccccc12. The number of rotatable bonds is 5. The zero-order chi connectivity index (χ0) is 22.6. The number of fused-ring (bicyclic) bond motifs is 1. The third-order valence-electron chi connectivity index (χ3n) is 5.19. The van der Waals surface area contributed by atoms with Crippen molar-refractivity contribution in [2.24, 2.45) is 0 Å². The van der Waals surface area contributed by atoms with E-state index in [0.29, 0.717) is 22.5 Å². The molecule has 0 radical (unpaired) electrons. The van der Waals surface area contributed by atoms with Gasteiger partial charge < -0.3 is 10.6 Å². The number of carbonyl (C=O) groups excluding carboxylic acids is 2. The maximum absolute atomic E-state index is 13.4. The number of pyridine rings is 1. The lowest BCUT2D eigenvalue weighted by molar-refractivity contribution is 0.102. The van der Waals surface area contributed by atoms with E-state index in [-0.39, 0.29) is 11.8 Å². The highest BCUT2D eigenvalue weighted by molar-refractivity contribution is 7.13. The number of benzene rings is 3. The predicted molar refractivity (Wildman–Crippen MR) is 134 cm³/mol. The molecule has 3 aromatic carbocycles. The van der Waals surface area contributed by atoms with Crippen molar-refractivity contribution in [2.45, 2.75) is 0 Å². The molecule has 2 amide bonds. The number of anilines is 2. The van der Waals surface area contributed by atoms with Crippen LogP contribution in [0.4, 0.5) is 11.4 Å². The minimum atomic E-state index is -0.300. The van der Waals surface area contributed by atoms with E-state index in [9.17, 15) is 9.59 Å². The first-order valence-electron chi connectivity index (χ1n) is 10.4. The van der Waals surface area contributed by atoms with Crippen LogP contribution in [0.15, 0.2) is 102 Å². The molecule has 0 bridgehead atoms. The van der Waals surface area contributed by atoms with Gasteiger partial charge in [-0.3, -0.25) is 9.59 Å². The van der Waals surface area contributed by atoms with E-state index in [0.717, 1.165) is 21.5 Å². The molecule has 6 heteroatoms. The fourth-order valence-electron chi connectivity index (χ4n) is 3.61. The van der Waals surface area contributed by atoms with Crippen molar-refractivity contribution >= 4 is 45.4 Å². The minimum Gasteiger partial charge on any atom is -0.322 e. The van der Waals surface area contributed by atoms with Gasteiger partial charge in [-0.25, -0.2) is 4.98 Å². The van der Waals surface area contributed by atoms with Crippen LogP contribution in [0.1, 0.15) is 20.7 Å². The summed E-state index contributed by atoms with van der Waals surface area (Å²) >= 11 is 1.57. The molecule has 33 heavy (non-hydrogen) atoms. The summed E-state index contributed by atoms with van der Waals surface area (Å²) in [5, 5.41) is 8.54. The number of amides is 2. The normalized spacial score (nSPS) is 10.7. The molecule has 5 nitrogen and oxygen atoms in total. The van der Waals surface area contributed by atoms with Crippen LogP contribution in [-0.2, 0) is 0 Å². The van der Waals surface area contributed by atoms with E-state index in [2.05, 4.69) is 10.6 Å². The van der Waals surface area contributed by atoms with Gasteiger partial charge in [0.2, 0.25) is 0 Å². The number of carbonyl (C=O) groups is 2. The molecule has 160 valence electrons. The minimum absolute atomic E-state index is 0.295. The first-order chi connectivity index (χ1) is 16.2. The Morgan fingerprint density at radius 2 is 1.42 bits per heavy atom. The summed E-state index contributed by atoms with van der Waals surface area (Å²) in [6.07, 6.45) is 0. The Kier molecular flexibility index (Phi) is 5.66. The summed E-state index contributed by atoms with van der Waals surface area (Å²) < 4.78 is 0. The molecule has 0 saturated carbocycles. The molecule has 2 heterocycles. The molecule has 5 rings (SSSR count). The van der Waals surface area contributed by atoms with Crippen LogP contribution in [0.25, 0.3) is 21.5 Å². The third kappa shape index (κ3) is 4.37. The molecular formula is C27H19N3O2S. The number of hydrogen-bond donors (Lipinski definition) is 2. The lowest BCUT2D eigenvalue weighted by atomic mass is 10.1. The maximum atomic E-state index is 13.4. The number of nitrogens with one attached hydrogen (secondary N) is 2. The van der Waals surface area contributed by atoms with Gasteiger partial charge in [-0.15, -0.1) is 11.3 Å². The van der Waals surface area contributed by atoms with Gasteiger partial charge in [0.05, 0.1) is 32.9 Å². The van der Waals surface area contributed by atoms with Gasteiger partial charge >= 0.3 is 0 Å². The maximum Gasteiger partial charge on any atom is 0.257 e. The van der Waals surface area contributed by atoms with Crippen molar-refractivity contribution in [2.75, 3.05) is 10.6 Å². The Hall–Kier alpha value is -4.29. The van der Waals surface area contributed by atoms with Crippen LogP contribution in [0, 0.1) is 0 Å². The Bertz CT molecular complexity index is 1450. The molecular weight excluding hydrogens is 430 g/mol. The third-order valence-corrected chi connectivity index (χ3v) is 6.08. The van der Waals surface area contributed by atoms with Crippen LogP contribution in [0.2, 0.25) is 0 Å². The zero-order valence-electron chi connectivity index (χ0n) is 17.5. The smallest absolute Gasteiger partial charge is 0.257 e. The largest absolute Gasteiger partial charge is 0.322 e. The molecule has 0 unspecified atom stereocenters. The molecule has 2 N–H and O–H groups in total. The molecule has 2 aromatic heterocycles. The second kappa shape index (κ2) is 9.06. The van der Waals surface area contributed by atoms with E-state index < -0.39 is 0 Å². The summed E-state index contributed by atoms with van der Waals surface area (Å²) in [4.78, 5) is 32.0. The van der Waals surface area contributed by atoms with Crippen molar-refractivity contribution in [3.05, 3.63) is 114 Å². The van der Waals surface area contributed by atoms with E-state index in [1.807, 2.05) is 72.1 Å². The zero-order valence-corrected chi connectivity index (χ0v) is 18.3. The van der Waals surface area contributed by atoms with Gasteiger partial charge in [0, 0.05) is 11.1 Å². The lowest BCUT2D eigenvalue weighted by Gasteiger charge is -2.13. The fraction of sp³-hybridized carbons (Fsp3) is 0. The van der Waals surface area contributed by atoms with Crippen molar-refractivity contribution < 1.29 is 9.59 Å². The molecule has 0 saturated heterocycles. The van der Waals surface area contributed by atoms with Crippen LogP contribution >= 0.6 is 11.3 Å². The second-order valence-electron chi connectivity index (χ2n) is 7.37. The van der Waals surface area contributed by atoms with Crippen molar-refractivity contribution in [1.82, 2.24) is 4.98 Å². The fourth-order valence-corrected chi connectivity index (χ4v) is 4.30. The molecule has 0 spiro atoms. The highest BCUT2D eigenvalue weighted by Crippen LogP contribution is 2.29. The number of aromatic nitrogens is 1. The number of nitrogens with zero attached hydrogens (tertiary/aromatic N) is 1. The summed E-state index contributed by atoms with van der Waals surface area (Å²) in [7, 11) is 0. The van der Waals surface area contributed by atoms with Crippen LogP contribution in [0.5, 0.6) is 0 Å². The average Bonchev–Trinajstić information content (AvgIpc) is 3.39. The van der Waals surface area contributed by atoms with Crippen molar-refractivity contribution in [3.63, 3.8) is 0 Å². The van der Waals surface area contributed by atoms with Gasteiger partial charge in [0.1, 0.15) is 0 Å². The summed E-state index contributed by atoms with van der Waals surface area (Å²) in [6, 6.07) is 29.5. The molecule has 0 fully saturated rings. The topological polar surface area (TPSA) is 71.1 Å². The monoisotopic (exact) mass is 449 g/mol. The average molecular weight is 450 g/mol. The number of thiophene rings is 1. The van der Waals surface area contributed by atoms with Gasteiger partial charge in [0.15, 0.2) is 0 Å². The quantitative estimate of drug-likeness (QED) is 0.323. The van der Waals surface area contributed by atoms with Gasteiger partial charge in [-0.1, -0.05) is 54.6 Å². The predicted octanol–water partition coefficient (Wildman–Crippen LogP) is 6.47. The molecule has 0 aliphatic rings. The Labute approximate surface area is 194 Å². The lowest BCUT2D eigenvalue weighted by Crippen LogP contribution is -2.18. The van der Waals surface area contributed by atoms with E-state index in [1.165, 1.54) is 0 Å². The Morgan fingerprint density at radius 1 is 0.697 bits per heavy atom. The van der Waals surface area contributed by atoms with Crippen molar-refractivity contribution in [3.8, 4) is 10.6 Å². The number of hydrogen-bond acceptors (Lipinski definition) is 4. The Morgan fingerprint density at radius 3 is 2.24 bits per heavy atom. The summed E-state index contributed by atoms with van der Waals surface area (Å²) in [5.41, 5.74) is 3.49. The first-order valence-corrected chi connectivity index (χ1v) is 11.3. The van der Waals surface area contributed by atoms with E-state index >= 15 is 0 Å². The summed E-state index contributed by atoms with van der Waals surface area (Å²) in [5.74, 6) is -0.595. The number of para-hydroxylation sites is 3.